The molecule has 0 unspecified atom stereocenters. The molecule has 1 aromatic carbocycles. The topological polar surface area (TPSA) is 29.1 Å². The molecule has 0 radical (unpaired) electrons. The van der Waals surface area contributed by atoms with Crippen molar-refractivity contribution in [1.82, 2.24) is 5.32 Å². The van der Waals surface area contributed by atoms with E-state index in [1.807, 2.05) is 0 Å². The number of carbonyl (C=O) groups excluding carboxylic acids is 1. The molecule has 0 heterocycles. The fourth-order valence-electron chi connectivity index (χ4n) is 2.38. The first kappa shape index (κ1) is 35.5. The molecule has 39 heavy (non-hydrogen) atoms. The van der Waals surface area contributed by atoms with Gasteiger partial charge in [0.05, 0.1) is 0 Å². The summed E-state index contributed by atoms with van der Waals surface area (Å²) in [6, 6.07) is 4.88. The van der Waals surface area contributed by atoms with Gasteiger partial charge in [0.1, 0.15) is 0 Å². The molecule has 0 aliphatic carbocycles. The number of allylic oxidation sites excluding steroid dienone is 1. The number of rotatable bonds is 10. The van der Waals surface area contributed by atoms with Crippen LogP contribution in [0.25, 0.3) is 0 Å². The highest BCUT2D eigenvalue weighted by Gasteiger charge is 2.95. The lowest BCUT2D eigenvalue weighted by atomic mass is 9.89. The maximum absolute atomic E-state index is 14.0. The summed E-state index contributed by atoms with van der Waals surface area (Å²) in [4.78, 5) is 11.9. The highest BCUT2D eigenvalue weighted by Crippen LogP contribution is 2.64. The second-order valence-electron chi connectivity index (χ2n) is 7.35. The molecule has 0 bridgehead atoms. The van der Waals surface area contributed by atoms with Gasteiger partial charge in [-0.15, -0.1) is 0 Å². The van der Waals surface area contributed by atoms with Crippen molar-refractivity contribution in [3.8, 4) is 0 Å². The lowest BCUT2D eigenvalue weighted by molar-refractivity contribution is -0.459. The van der Waals surface area contributed by atoms with Crippen LogP contribution in [-0.4, -0.2) is 60.1 Å². The Hall–Kier alpha value is -1.55. The second kappa shape index (κ2) is 10.7. The Bertz CT molecular complexity index is 1080. The number of amides is 1. The zero-order valence-corrected chi connectivity index (χ0v) is 21.4. The maximum atomic E-state index is 14.0. The zero-order valence-electron chi connectivity index (χ0n) is 17.7. The van der Waals surface area contributed by atoms with Crippen molar-refractivity contribution in [2.24, 2.45) is 0 Å². The van der Waals surface area contributed by atoms with Gasteiger partial charge < -0.3 is 5.32 Å². The molecule has 0 atom stereocenters. The van der Waals surface area contributed by atoms with Gasteiger partial charge in [0.15, 0.2) is 0 Å². The molecule has 0 aliphatic rings. The Kier molecular flexibility index (Phi) is 9.73. The van der Waals surface area contributed by atoms with Crippen molar-refractivity contribution in [2.45, 2.75) is 47.6 Å². The molecule has 224 valence electrons. The van der Waals surface area contributed by atoms with Gasteiger partial charge in [-0.3, -0.25) is 4.79 Å². The smallest absolute Gasteiger partial charge is 0.348 e. The summed E-state index contributed by atoms with van der Waals surface area (Å²) in [5.74, 6) is -58.0. The third kappa shape index (κ3) is 5.92. The summed E-state index contributed by atoms with van der Waals surface area (Å²) < 4.78 is 225. The first-order valence-electron chi connectivity index (χ1n) is 9.15. The van der Waals surface area contributed by atoms with E-state index in [4.69, 9.17) is 0 Å². The third-order valence-electron chi connectivity index (χ3n) is 4.61. The van der Waals surface area contributed by atoms with E-state index in [1.54, 1.807) is 5.32 Å². The normalized spacial score (nSPS) is 15.4. The fourth-order valence-corrected chi connectivity index (χ4v) is 3.23. The van der Waals surface area contributed by atoms with Crippen LogP contribution < -0.4 is 5.32 Å². The standard InChI is InChI=1S/C18H8BrF17INO/c19-8-3-1-7(2-4-8)10(39)38-6-9(37)5-11(20,21)12(22,23)13(24,25)14(26,27)15(28,29)16(30,31)17(32,33)18(34,35)36/h1-5H,6H2,(H,38,39). The van der Waals surface area contributed by atoms with Gasteiger partial charge in [-0.25, -0.2) is 0 Å². The van der Waals surface area contributed by atoms with Crippen molar-refractivity contribution < 1.29 is 79.4 Å². The van der Waals surface area contributed by atoms with Gasteiger partial charge in [0.2, 0.25) is 0 Å². The van der Waals surface area contributed by atoms with Crippen LogP contribution in [0.5, 0.6) is 0 Å². The summed E-state index contributed by atoms with van der Waals surface area (Å²) in [6.07, 6.45) is -9.09. The van der Waals surface area contributed by atoms with Crippen molar-refractivity contribution in [1.29, 1.82) is 0 Å². The Labute approximate surface area is 227 Å². The summed E-state index contributed by atoms with van der Waals surface area (Å²) >= 11 is 3.66. The Morgan fingerprint density at radius 1 is 0.667 bits per heavy atom. The van der Waals surface area contributed by atoms with Gasteiger partial charge >= 0.3 is 47.6 Å². The number of alkyl halides is 17. The minimum absolute atomic E-state index is 0.176. The minimum Gasteiger partial charge on any atom is -0.348 e. The van der Waals surface area contributed by atoms with Crippen LogP contribution in [0.3, 0.4) is 0 Å². The molecular weight excluding hydrogens is 776 g/mol. The summed E-state index contributed by atoms with van der Waals surface area (Å²) in [5.41, 5.74) is -0.176. The number of carbonyl (C=O) groups is 1. The van der Waals surface area contributed by atoms with Crippen LogP contribution in [0.15, 0.2) is 38.4 Å². The highest BCUT2D eigenvalue weighted by atomic mass is 127. The molecule has 1 N–H and O–H groups in total. The molecule has 2 nitrogen and oxygen atoms in total. The quantitative estimate of drug-likeness (QED) is 0.187. The van der Waals surface area contributed by atoms with Crippen LogP contribution in [0.1, 0.15) is 10.4 Å². The van der Waals surface area contributed by atoms with E-state index >= 15 is 0 Å². The summed E-state index contributed by atoms with van der Waals surface area (Å²) in [5, 5.41) is 1.78. The zero-order chi connectivity index (χ0) is 31.3. The average molecular weight is 784 g/mol. The largest absolute Gasteiger partial charge is 0.460 e. The number of halogens is 19. The first-order chi connectivity index (χ1) is 17.0. The molecule has 0 spiro atoms. The van der Waals surface area contributed by atoms with Crippen molar-refractivity contribution in [2.75, 3.05) is 6.54 Å². The van der Waals surface area contributed by atoms with E-state index in [1.165, 1.54) is 12.1 Å². The molecule has 1 amide bonds. The van der Waals surface area contributed by atoms with E-state index in [2.05, 4.69) is 15.9 Å². The van der Waals surface area contributed by atoms with Crippen molar-refractivity contribution >= 4 is 44.4 Å². The molecule has 1 rings (SSSR count). The van der Waals surface area contributed by atoms with E-state index in [0.29, 0.717) is 27.1 Å². The molecule has 0 saturated heterocycles. The van der Waals surface area contributed by atoms with Crippen LogP contribution in [-0.2, 0) is 0 Å². The average Bonchev–Trinajstić information content (AvgIpc) is 2.76. The van der Waals surface area contributed by atoms with Crippen LogP contribution >= 0.6 is 38.5 Å². The number of nitrogens with one attached hydrogen (secondary N) is 1. The molecule has 1 aromatic rings. The van der Waals surface area contributed by atoms with Gasteiger partial charge in [0.25, 0.3) is 5.91 Å². The summed E-state index contributed by atoms with van der Waals surface area (Å²) in [7, 11) is 0. The number of hydrogen-bond acceptors (Lipinski definition) is 1. The van der Waals surface area contributed by atoms with E-state index in [9.17, 15) is 79.4 Å². The Balaban J connectivity index is 3.39. The van der Waals surface area contributed by atoms with Gasteiger partial charge in [-0.1, -0.05) is 15.9 Å². The van der Waals surface area contributed by atoms with Crippen LogP contribution in [0, 0.1) is 0 Å². The Morgan fingerprint density at radius 2 is 1.03 bits per heavy atom. The molecule has 21 heteroatoms. The predicted molar refractivity (Wildman–Crippen MR) is 109 cm³/mol. The number of benzene rings is 1. The fraction of sp³-hybridized carbons (Fsp3) is 0.500. The predicted octanol–water partition coefficient (Wildman–Crippen LogP) is 8.51. The van der Waals surface area contributed by atoms with Crippen molar-refractivity contribution in [3.63, 3.8) is 0 Å². The van der Waals surface area contributed by atoms with Crippen LogP contribution in [0.2, 0.25) is 0 Å². The first-order valence-corrected chi connectivity index (χ1v) is 11.0. The SMILES string of the molecule is O=C(NCC(I)=CC(F)(F)C(F)(F)C(F)(F)C(F)(F)C(F)(F)C(F)(F)C(F)(F)C(F)(F)F)c1ccc(Br)cc1. The van der Waals surface area contributed by atoms with Gasteiger partial charge in [-0.2, -0.15) is 74.6 Å². The van der Waals surface area contributed by atoms with Crippen LogP contribution in [0.4, 0.5) is 74.6 Å². The molecule has 0 aliphatic heterocycles. The monoisotopic (exact) mass is 783 g/mol. The lowest BCUT2D eigenvalue weighted by Gasteiger charge is -2.42. The van der Waals surface area contributed by atoms with Crippen molar-refractivity contribution in [3.05, 3.63) is 44.0 Å². The van der Waals surface area contributed by atoms with E-state index in [-0.39, 0.29) is 5.56 Å². The van der Waals surface area contributed by atoms with Gasteiger partial charge in [-0.05, 0) is 46.9 Å². The lowest BCUT2D eigenvalue weighted by Crippen LogP contribution is -2.74. The molecule has 0 fully saturated rings. The highest BCUT2D eigenvalue weighted by molar-refractivity contribution is 14.1. The summed E-state index contributed by atoms with van der Waals surface area (Å²) in [6.45, 7) is -1.21. The minimum atomic E-state index is -8.68. The van der Waals surface area contributed by atoms with Gasteiger partial charge in [0, 0.05) is 26.2 Å². The van der Waals surface area contributed by atoms with E-state index < -0.39 is 69.7 Å². The second-order valence-corrected chi connectivity index (χ2v) is 9.65. The third-order valence-corrected chi connectivity index (χ3v) is 5.83. The Morgan fingerprint density at radius 3 is 1.41 bits per heavy atom. The maximum Gasteiger partial charge on any atom is 0.460 e. The number of hydrogen-bond donors (Lipinski definition) is 1. The van der Waals surface area contributed by atoms with E-state index in [0.717, 1.165) is 12.1 Å². The molecular formula is C18H8BrF17INO. The molecule has 0 saturated carbocycles. The molecule has 0 aromatic heterocycles.